The molecule has 1 rings (SSSR count). The van der Waals surface area contributed by atoms with Gasteiger partial charge in [0.25, 0.3) is 0 Å². The molecule has 0 aromatic heterocycles. The molecule has 1 aromatic rings. The second-order valence-electron chi connectivity index (χ2n) is 2.86. The van der Waals surface area contributed by atoms with Crippen LogP contribution in [-0.4, -0.2) is 11.2 Å². The van der Waals surface area contributed by atoms with Gasteiger partial charge in [-0.1, -0.05) is 31.2 Å². The molecule has 0 fully saturated rings. The van der Waals surface area contributed by atoms with E-state index in [1.165, 1.54) is 5.56 Å². The molecular weight excluding hydrogens is 136 g/mol. The fraction of sp³-hybridized carbons (Fsp3) is 0.400. The third-order valence-corrected chi connectivity index (χ3v) is 1.99. The molecule has 1 N–H and O–H groups in total. The molecule has 0 aliphatic carbocycles. The number of benzene rings is 1. The topological polar surface area (TPSA) is 20.2 Å². The number of hydrogen-bond acceptors (Lipinski definition) is 1. The molecule has 0 aliphatic heterocycles. The standard InChI is InChI=1S/C10H13O/c1-8(9(2)11)10-6-4-3-5-7-10/h4-9,11H,1-2H3. The van der Waals surface area contributed by atoms with Crippen LogP contribution in [0, 0.1) is 6.07 Å². The first-order chi connectivity index (χ1) is 5.22. The molecular formula is C10H13O. The second-order valence-corrected chi connectivity index (χ2v) is 2.86. The van der Waals surface area contributed by atoms with Crippen molar-refractivity contribution < 1.29 is 5.11 Å². The Bertz CT molecular complexity index is 203. The van der Waals surface area contributed by atoms with Crippen LogP contribution in [0.4, 0.5) is 0 Å². The largest absolute Gasteiger partial charge is 0.393 e. The summed E-state index contributed by atoms with van der Waals surface area (Å²) in [6.45, 7) is 3.82. The van der Waals surface area contributed by atoms with Gasteiger partial charge in [-0.25, -0.2) is 0 Å². The molecule has 2 atom stereocenters. The molecule has 0 saturated heterocycles. The van der Waals surface area contributed by atoms with E-state index in [1.54, 1.807) is 6.92 Å². The van der Waals surface area contributed by atoms with E-state index in [4.69, 9.17) is 0 Å². The van der Waals surface area contributed by atoms with Crippen molar-refractivity contribution in [2.75, 3.05) is 0 Å². The van der Waals surface area contributed by atoms with Crippen LogP contribution < -0.4 is 0 Å². The molecule has 0 spiro atoms. The van der Waals surface area contributed by atoms with Crippen molar-refractivity contribution in [3.8, 4) is 0 Å². The van der Waals surface area contributed by atoms with Crippen LogP contribution in [0.2, 0.25) is 0 Å². The number of rotatable bonds is 2. The van der Waals surface area contributed by atoms with Crippen molar-refractivity contribution in [2.45, 2.75) is 25.9 Å². The van der Waals surface area contributed by atoms with Gasteiger partial charge < -0.3 is 5.11 Å². The van der Waals surface area contributed by atoms with Crippen molar-refractivity contribution in [1.29, 1.82) is 0 Å². The van der Waals surface area contributed by atoms with E-state index in [9.17, 15) is 5.11 Å². The van der Waals surface area contributed by atoms with Crippen LogP contribution in [-0.2, 0) is 0 Å². The first-order valence-electron chi connectivity index (χ1n) is 3.86. The highest BCUT2D eigenvalue weighted by molar-refractivity contribution is 5.18. The first kappa shape index (κ1) is 8.28. The Balaban J connectivity index is 2.77. The molecule has 0 saturated carbocycles. The minimum absolute atomic E-state index is 0.213. The monoisotopic (exact) mass is 149 g/mol. The van der Waals surface area contributed by atoms with Gasteiger partial charge in [0, 0.05) is 5.92 Å². The van der Waals surface area contributed by atoms with Gasteiger partial charge in [-0.05, 0) is 18.6 Å². The number of hydrogen-bond donors (Lipinski definition) is 1. The van der Waals surface area contributed by atoms with E-state index in [0.717, 1.165) is 0 Å². The predicted molar refractivity (Wildman–Crippen MR) is 45.4 cm³/mol. The van der Waals surface area contributed by atoms with Gasteiger partial charge >= 0.3 is 0 Å². The third-order valence-electron chi connectivity index (χ3n) is 1.99. The average Bonchev–Trinajstić information content (AvgIpc) is 2.05. The molecule has 0 heterocycles. The highest BCUT2D eigenvalue weighted by Crippen LogP contribution is 2.17. The lowest BCUT2D eigenvalue weighted by atomic mass is 9.97. The molecule has 1 radical (unpaired) electrons. The van der Waals surface area contributed by atoms with Crippen LogP contribution in [0.1, 0.15) is 25.3 Å². The smallest absolute Gasteiger partial charge is 0.0577 e. The third kappa shape index (κ3) is 2.05. The summed E-state index contributed by atoms with van der Waals surface area (Å²) in [4.78, 5) is 0. The maximum absolute atomic E-state index is 9.26. The van der Waals surface area contributed by atoms with Gasteiger partial charge in [-0.3, -0.25) is 0 Å². The van der Waals surface area contributed by atoms with E-state index >= 15 is 0 Å². The molecule has 1 aromatic carbocycles. The van der Waals surface area contributed by atoms with Crippen molar-refractivity contribution in [2.24, 2.45) is 0 Å². The van der Waals surface area contributed by atoms with Gasteiger partial charge in [-0.2, -0.15) is 0 Å². The van der Waals surface area contributed by atoms with Crippen molar-refractivity contribution >= 4 is 0 Å². The minimum atomic E-state index is -0.280. The number of aliphatic hydroxyl groups is 1. The summed E-state index contributed by atoms with van der Waals surface area (Å²) in [6.07, 6.45) is -0.280. The SMILES string of the molecule is CC(O)C(C)c1cc[c]cc1. The van der Waals surface area contributed by atoms with Crippen LogP contribution in [0.3, 0.4) is 0 Å². The van der Waals surface area contributed by atoms with Crippen molar-refractivity contribution in [3.05, 3.63) is 35.9 Å². The highest BCUT2D eigenvalue weighted by Gasteiger charge is 2.09. The Kier molecular flexibility index (Phi) is 2.66. The summed E-state index contributed by atoms with van der Waals surface area (Å²) in [7, 11) is 0. The first-order valence-corrected chi connectivity index (χ1v) is 3.86. The molecule has 1 nitrogen and oxygen atoms in total. The van der Waals surface area contributed by atoms with E-state index < -0.39 is 0 Å². The van der Waals surface area contributed by atoms with E-state index in [0.29, 0.717) is 0 Å². The Labute approximate surface area is 67.7 Å². The lowest BCUT2D eigenvalue weighted by molar-refractivity contribution is 0.169. The second kappa shape index (κ2) is 3.54. The predicted octanol–water partition coefficient (Wildman–Crippen LogP) is 1.97. The van der Waals surface area contributed by atoms with Crippen LogP contribution in [0.15, 0.2) is 24.3 Å². The molecule has 2 unspecified atom stereocenters. The zero-order valence-electron chi connectivity index (χ0n) is 6.91. The summed E-state index contributed by atoms with van der Waals surface area (Å²) in [5, 5.41) is 9.26. The Hall–Kier alpha value is -0.820. The Morgan fingerprint density at radius 1 is 1.27 bits per heavy atom. The van der Waals surface area contributed by atoms with E-state index in [2.05, 4.69) is 6.07 Å². The molecule has 1 heteroatoms. The molecule has 0 aliphatic rings. The maximum Gasteiger partial charge on any atom is 0.0577 e. The zero-order chi connectivity index (χ0) is 8.27. The van der Waals surface area contributed by atoms with Crippen LogP contribution >= 0.6 is 0 Å². The van der Waals surface area contributed by atoms with E-state index in [-0.39, 0.29) is 12.0 Å². The van der Waals surface area contributed by atoms with Crippen LogP contribution in [0.5, 0.6) is 0 Å². The van der Waals surface area contributed by atoms with Gasteiger partial charge in [0.1, 0.15) is 0 Å². The summed E-state index contributed by atoms with van der Waals surface area (Å²) >= 11 is 0. The highest BCUT2D eigenvalue weighted by atomic mass is 16.3. The molecule has 0 bridgehead atoms. The Morgan fingerprint density at radius 3 is 2.27 bits per heavy atom. The number of aliphatic hydroxyl groups excluding tert-OH is 1. The summed E-state index contributed by atoms with van der Waals surface area (Å²) in [6, 6.07) is 10.7. The van der Waals surface area contributed by atoms with Crippen molar-refractivity contribution in [1.82, 2.24) is 0 Å². The van der Waals surface area contributed by atoms with Gasteiger partial charge in [-0.15, -0.1) is 0 Å². The Morgan fingerprint density at radius 2 is 1.82 bits per heavy atom. The van der Waals surface area contributed by atoms with Gasteiger partial charge in [0.15, 0.2) is 0 Å². The van der Waals surface area contributed by atoms with Crippen LogP contribution in [0.25, 0.3) is 0 Å². The zero-order valence-corrected chi connectivity index (χ0v) is 6.91. The quantitative estimate of drug-likeness (QED) is 0.681. The maximum atomic E-state index is 9.26. The summed E-state index contributed by atoms with van der Waals surface area (Å²) in [5.74, 6) is 0.213. The molecule has 11 heavy (non-hydrogen) atoms. The normalized spacial score (nSPS) is 15.9. The molecule has 0 amide bonds. The van der Waals surface area contributed by atoms with Gasteiger partial charge in [0.2, 0.25) is 0 Å². The molecule has 59 valence electrons. The van der Waals surface area contributed by atoms with Gasteiger partial charge in [0.05, 0.1) is 6.10 Å². The fourth-order valence-corrected chi connectivity index (χ4v) is 0.982. The minimum Gasteiger partial charge on any atom is -0.393 e. The summed E-state index contributed by atoms with van der Waals surface area (Å²) < 4.78 is 0. The van der Waals surface area contributed by atoms with Crippen molar-refractivity contribution in [3.63, 3.8) is 0 Å². The average molecular weight is 149 g/mol. The van der Waals surface area contributed by atoms with E-state index in [1.807, 2.05) is 31.2 Å². The summed E-state index contributed by atoms with van der Waals surface area (Å²) in [5.41, 5.74) is 1.17. The fourth-order valence-electron chi connectivity index (χ4n) is 0.982. The lowest BCUT2D eigenvalue weighted by Crippen LogP contribution is -2.10. The lowest BCUT2D eigenvalue weighted by Gasteiger charge is -2.13.